The summed E-state index contributed by atoms with van der Waals surface area (Å²) in [4.78, 5) is 8.51. The minimum Gasteiger partial charge on any atom is -0.493 e. The van der Waals surface area contributed by atoms with E-state index in [2.05, 4.69) is 15.3 Å². The van der Waals surface area contributed by atoms with Crippen LogP contribution < -0.4 is 14.8 Å². The molecule has 23 heavy (non-hydrogen) atoms. The van der Waals surface area contributed by atoms with Crippen molar-refractivity contribution in [3.8, 4) is 11.5 Å². The van der Waals surface area contributed by atoms with Crippen LogP contribution in [0.1, 0.15) is 0 Å². The van der Waals surface area contributed by atoms with Crippen LogP contribution in [0.2, 0.25) is 5.02 Å². The van der Waals surface area contributed by atoms with Crippen LogP contribution in [0.4, 0.5) is 5.82 Å². The maximum atomic E-state index is 5.93. The third-order valence-electron chi connectivity index (χ3n) is 3.32. The van der Waals surface area contributed by atoms with E-state index in [4.69, 9.17) is 21.1 Å². The van der Waals surface area contributed by atoms with Gasteiger partial charge in [-0.1, -0.05) is 23.7 Å². The van der Waals surface area contributed by atoms with Crippen molar-refractivity contribution in [2.45, 2.75) is 0 Å². The largest absolute Gasteiger partial charge is 0.493 e. The van der Waals surface area contributed by atoms with Crippen molar-refractivity contribution in [2.75, 3.05) is 25.6 Å². The van der Waals surface area contributed by atoms with Gasteiger partial charge in [-0.15, -0.1) is 0 Å². The number of methoxy groups -OCH3 is 1. The van der Waals surface area contributed by atoms with E-state index in [1.165, 1.54) is 0 Å². The Kier molecular flexibility index (Phi) is 4.78. The zero-order valence-electron chi connectivity index (χ0n) is 12.6. The number of halogens is 1. The Labute approximate surface area is 139 Å². The van der Waals surface area contributed by atoms with Crippen LogP contribution in [0.3, 0.4) is 0 Å². The van der Waals surface area contributed by atoms with Crippen LogP contribution >= 0.6 is 11.6 Å². The number of para-hydroxylation sites is 1. The number of hydrogen-bond acceptors (Lipinski definition) is 5. The minimum absolute atomic E-state index is 0.469. The van der Waals surface area contributed by atoms with Gasteiger partial charge in [-0.05, 0) is 24.3 Å². The first-order valence-electron chi connectivity index (χ1n) is 7.18. The van der Waals surface area contributed by atoms with Gasteiger partial charge in [-0.25, -0.2) is 9.97 Å². The highest BCUT2D eigenvalue weighted by Crippen LogP contribution is 2.29. The fraction of sp³-hybridized carbons (Fsp3) is 0.176. The molecule has 3 aromatic rings. The summed E-state index contributed by atoms with van der Waals surface area (Å²) >= 11 is 5.93. The topological polar surface area (TPSA) is 56.3 Å². The van der Waals surface area contributed by atoms with Crippen LogP contribution in [0.25, 0.3) is 10.9 Å². The van der Waals surface area contributed by atoms with Gasteiger partial charge in [0, 0.05) is 16.5 Å². The Morgan fingerprint density at radius 1 is 1.09 bits per heavy atom. The van der Waals surface area contributed by atoms with Gasteiger partial charge in [0.2, 0.25) is 0 Å². The molecule has 0 atom stereocenters. The standard InChI is InChI=1S/C17H16ClN3O2/c1-22-16-10-12(18)6-7-15(16)23-9-8-19-17-13-4-2-3-5-14(13)20-11-21-17/h2-7,10-11H,8-9H2,1H3,(H,19,20,21). The number of fused-ring (bicyclic) bond motifs is 1. The molecule has 0 aliphatic heterocycles. The fourth-order valence-electron chi connectivity index (χ4n) is 2.24. The number of nitrogens with zero attached hydrogens (tertiary/aromatic N) is 2. The van der Waals surface area contributed by atoms with E-state index >= 15 is 0 Å². The second-order valence-electron chi connectivity index (χ2n) is 4.81. The highest BCUT2D eigenvalue weighted by atomic mass is 35.5. The molecule has 1 aromatic heterocycles. The second-order valence-corrected chi connectivity index (χ2v) is 5.25. The van der Waals surface area contributed by atoms with E-state index in [0.29, 0.717) is 29.7 Å². The molecule has 0 radical (unpaired) electrons. The Morgan fingerprint density at radius 3 is 2.83 bits per heavy atom. The molecular formula is C17H16ClN3O2. The summed E-state index contributed by atoms with van der Waals surface area (Å²) in [6.07, 6.45) is 1.55. The molecule has 5 nitrogen and oxygen atoms in total. The Bertz CT molecular complexity index is 805. The zero-order valence-corrected chi connectivity index (χ0v) is 13.4. The predicted octanol–water partition coefficient (Wildman–Crippen LogP) is 3.78. The van der Waals surface area contributed by atoms with E-state index in [0.717, 1.165) is 16.7 Å². The predicted molar refractivity (Wildman–Crippen MR) is 91.5 cm³/mol. The van der Waals surface area contributed by atoms with Gasteiger partial charge in [-0.3, -0.25) is 0 Å². The summed E-state index contributed by atoms with van der Waals surface area (Å²) < 4.78 is 11.0. The number of anilines is 1. The van der Waals surface area contributed by atoms with E-state index in [-0.39, 0.29) is 0 Å². The lowest BCUT2D eigenvalue weighted by molar-refractivity contribution is 0.306. The van der Waals surface area contributed by atoms with Crippen molar-refractivity contribution < 1.29 is 9.47 Å². The van der Waals surface area contributed by atoms with Crippen molar-refractivity contribution in [3.63, 3.8) is 0 Å². The molecule has 0 bridgehead atoms. The smallest absolute Gasteiger partial charge is 0.162 e. The molecule has 0 aliphatic carbocycles. The molecule has 6 heteroatoms. The third kappa shape index (κ3) is 3.63. The SMILES string of the molecule is COc1cc(Cl)ccc1OCCNc1ncnc2ccccc12. The van der Waals surface area contributed by atoms with E-state index in [9.17, 15) is 0 Å². The lowest BCUT2D eigenvalue weighted by atomic mass is 10.2. The number of aromatic nitrogens is 2. The summed E-state index contributed by atoms with van der Waals surface area (Å²) in [5, 5.41) is 4.86. The fourth-order valence-corrected chi connectivity index (χ4v) is 2.40. The van der Waals surface area contributed by atoms with Crippen molar-refractivity contribution in [2.24, 2.45) is 0 Å². The summed E-state index contributed by atoms with van der Waals surface area (Å²) in [7, 11) is 1.59. The molecule has 0 aliphatic rings. The van der Waals surface area contributed by atoms with Crippen LogP contribution in [-0.2, 0) is 0 Å². The number of nitrogens with one attached hydrogen (secondary N) is 1. The summed E-state index contributed by atoms with van der Waals surface area (Å²) in [5.74, 6) is 2.07. The maximum absolute atomic E-state index is 5.93. The average molecular weight is 330 g/mol. The van der Waals surface area contributed by atoms with Crippen molar-refractivity contribution in [3.05, 3.63) is 53.8 Å². The lowest BCUT2D eigenvalue weighted by Gasteiger charge is -2.12. The molecule has 2 aromatic carbocycles. The maximum Gasteiger partial charge on any atom is 0.162 e. The van der Waals surface area contributed by atoms with Gasteiger partial charge < -0.3 is 14.8 Å². The third-order valence-corrected chi connectivity index (χ3v) is 3.56. The van der Waals surface area contributed by atoms with E-state index in [1.807, 2.05) is 24.3 Å². The van der Waals surface area contributed by atoms with Crippen LogP contribution in [0.5, 0.6) is 11.5 Å². The first kappa shape index (κ1) is 15.4. The second kappa shape index (κ2) is 7.15. The van der Waals surface area contributed by atoms with Gasteiger partial charge in [0.1, 0.15) is 18.8 Å². The molecule has 0 unspecified atom stereocenters. The molecule has 0 saturated heterocycles. The first-order chi connectivity index (χ1) is 11.3. The zero-order chi connectivity index (χ0) is 16.1. The Balaban J connectivity index is 1.61. The highest BCUT2D eigenvalue weighted by Gasteiger charge is 2.06. The van der Waals surface area contributed by atoms with Gasteiger partial charge in [0.05, 0.1) is 19.2 Å². The molecule has 0 spiro atoms. The number of rotatable bonds is 6. The Hall–Kier alpha value is -2.53. The number of ether oxygens (including phenoxy) is 2. The summed E-state index contributed by atoms with van der Waals surface area (Å²) in [6.45, 7) is 1.07. The van der Waals surface area contributed by atoms with Crippen LogP contribution in [-0.4, -0.2) is 30.2 Å². The molecule has 118 valence electrons. The lowest BCUT2D eigenvalue weighted by Crippen LogP contribution is -2.13. The molecule has 0 saturated carbocycles. The van der Waals surface area contributed by atoms with Gasteiger partial charge in [0.25, 0.3) is 0 Å². The monoisotopic (exact) mass is 329 g/mol. The molecular weight excluding hydrogens is 314 g/mol. The van der Waals surface area contributed by atoms with Gasteiger partial charge in [-0.2, -0.15) is 0 Å². The molecule has 0 amide bonds. The normalized spacial score (nSPS) is 10.5. The van der Waals surface area contributed by atoms with Gasteiger partial charge in [0.15, 0.2) is 11.5 Å². The van der Waals surface area contributed by atoms with Crippen molar-refractivity contribution in [1.29, 1.82) is 0 Å². The number of hydrogen-bond donors (Lipinski definition) is 1. The summed E-state index contributed by atoms with van der Waals surface area (Å²) in [6, 6.07) is 13.1. The first-order valence-corrected chi connectivity index (χ1v) is 7.55. The number of benzene rings is 2. The molecule has 1 N–H and O–H groups in total. The molecule has 0 fully saturated rings. The average Bonchev–Trinajstić information content (AvgIpc) is 2.59. The minimum atomic E-state index is 0.469. The van der Waals surface area contributed by atoms with Crippen LogP contribution in [0.15, 0.2) is 48.8 Å². The molecule has 1 heterocycles. The van der Waals surface area contributed by atoms with E-state index in [1.54, 1.807) is 31.6 Å². The Morgan fingerprint density at radius 2 is 1.96 bits per heavy atom. The highest BCUT2D eigenvalue weighted by molar-refractivity contribution is 6.30. The van der Waals surface area contributed by atoms with Gasteiger partial charge >= 0.3 is 0 Å². The van der Waals surface area contributed by atoms with Crippen LogP contribution in [0, 0.1) is 0 Å². The van der Waals surface area contributed by atoms with E-state index < -0.39 is 0 Å². The molecule has 3 rings (SSSR count). The van der Waals surface area contributed by atoms with Crippen molar-refractivity contribution in [1.82, 2.24) is 9.97 Å². The quantitative estimate of drug-likeness (QED) is 0.697. The van der Waals surface area contributed by atoms with Crippen molar-refractivity contribution >= 4 is 28.3 Å². The summed E-state index contributed by atoms with van der Waals surface area (Å²) in [5.41, 5.74) is 0.908.